The van der Waals surface area contributed by atoms with Gasteiger partial charge >= 0.3 is 0 Å². The third-order valence-corrected chi connectivity index (χ3v) is 4.07. The fraction of sp³-hybridized carbons (Fsp3) is 0.143. The number of carbonyl (C=O) groups excluding carboxylic acids is 1. The molecule has 2 aromatic carbocycles. The first-order valence-electron chi connectivity index (χ1n) is 8.28. The number of hydrogen-bond acceptors (Lipinski definition) is 3. The molecule has 0 aliphatic heterocycles. The Hall–Kier alpha value is -3.14. The van der Waals surface area contributed by atoms with Crippen LogP contribution in [0.25, 0.3) is 0 Å². The van der Waals surface area contributed by atoms with Crippen LogP contribution >= 0.6 is 0 Å². The van der Waals surface area contributed by atoms with E-state index < -0.39 is 0 Å². The van der Waals surface area contributed by atoms with Gasteiger partial charge in [-0.1, -0.05) is 48.5 Å². The SMILES string of the molecule is Cc1ccccc1NC(=O)c1ccc(NC(C)c2ccccc2)cn1. The Balaban J connectivity index is 1.66. The number of carbonyl (C=O) groups is 1. The molecule has 1 unspecified atom stereocenters. The molecule has 3 rings (SSSR count). The van der Waals surface area contributed by atoms with Crippen molar-refractivity contribution >= 4 is 17.3 Å². The number of aromatic nitrogens is 1. The average molecular weight is 331 g/mol. The number of para-hydroxylation sites is 1. The number of hydrogen-bond donors (Lipinski definition) is 2. The number of aryl methyl sites for hydroxylation is 1. The second-order valence-electron chi connectivity index (χ2n) is 5.98. The van der Waals surface area contributed by atoms with Gasteiger partial charge in [0.05, 0.1) is 11.9 Å². The Bertz CT molecular complexity index is 845. The molecule has 3 aromatic rings. The quantitative estimate of drug-likeness (QED) is 0.705. The summed E-state index contributed by atoms with van der Waals surface area (Å²) >= 11 is 0. The monoisotopic (exact) mass is 331 g/mol. The smallest absolute Gasteiger partial charge is 0.274 e. The van der Waals surface area contributed by atoms with Crippen LogP contribution in [0.3, 0.4) is 0 Å². The molecule has 126 valence electrons. The van der Waals surface area contributed by atoms with Crippen LogP contribution in [0.15, 0.2) is 72.9 Å². The highest BCUT2D eigenvalue weighted by atomic mass is 16.1. The average Bonchev–Trinajstić information content (AvgIpc) is 2.65. The molecule has 1 aromatic heterocycles. The van der Waals surface area contributed by atoms with Crippen LogP contribution < -0.4 is 10.6 Å². The summed E-state index contributed by atoms with van der Waals surface area (Å²) in [6, 6.07) is 21.6. The van der Waals surface area contributed by atoms with E-state index >= 15 is 0 Å². The van der Waals surface area contributed by atoms with Crippen molar-refractivity contribution < 1.29 is 4.79 Å². The van der Waals surface area contributed by atoms with Crippen LogP contribution in [0.5, 0.6) is 0 Å². The Morgan fingerprint density at radius 1 is 0.960 bits per heavy atom. The molecule has 0 aliphatic rings. The summed E-state index contributed by atoms with van der Waals surface area (Å²) in [6.45, 7) is 4.05. The molecule has 1 atom stereocenters. The van der Waals surface area contributed by atoms with E-state index in [2.05, 4.69) is 34.7 Å². The van der Waals surface area contributed by atoms with Crippen molar-refractivity contribution in [3.8, 4) is 0 Å². The maximum atomic E-state index is 12.3. The topological polar surface area (TPSA) is 54.0 Å². The van der Waals surface area contributed by atoms with Gasteiger partial charge in [-0.3, -0.25) is 4.79 Å². The van der Waals surface area contributed by atoms with E-state index in [1.165, 1.54) is 5.56 Å². The van der Waals surface area contributed by atoms with Crippen molar-refractivity contribution in [3.05, 3.63) is 89.7 Å². The zero-order valence-electron chi connectivity index (χ0n) is 14.4. The van der Waals surface area contributed by atoms with Gasteiger partial charge in [0.2, 0.25) is 0 Å². The maximum Gasteiger partial charge on any atom is 0.274 e. The van der Waals surface area contributed by atoms with Gasteiger partial charge < -0.3 is 10.6 Å². The molecule has 0 radical (unpaired) electrons. The van der Waals surface area contributed by atoms with E-state index in [-0.39, 0.29) is 11.9 Å². The predicted molar refractivity (Wildman–Crippen MR) is 102 cm³/mol. The van der Waals surface area contributed by atoms with Crippen LogP contribution in [0.2, 0.25) is 0 Å². The highest BCUT2D eigenvalue weighted by Gasteiger charge is 2.10. The maximum absolute atomic E-state index is 12.3. The molecule has 0 fully saturated rings. The zero-order valence-corrected chi connectivity index (χ0v) is 14.4. The number of nitrogens with one attached hydrogen (secondary N) is 2. The number of pyridine rings is 1. The fourth-order valence-corrected chi connectivity index (χ4v) is 2.59. The summed E-state index contributed by atoms with van der Waals surface area (Å²) in [4.78, 5) is 16.6. The summed E-state index contributed by atoms with van der Waals surface area (Å²) in [6.07, 6.45) is 1.69. The summed E-state index contributed by atoms with van der Waals surface area (Å²) in [7, 11) is 0. The van der Waals surface area contributed by atoms with E-state index in [0.29, 0.717) is 5.69 Å². The molecular formula is C21H21N3O. The summed E-state index contributed by atoms with van der Waals surface area (Å²) in [5.41, 5.74) is 4.29. The van der Waals surface area contributed by atoms with Crippen molar-refractivity contribution in [2.75, 3.05) is 10.6 Å². The third-order valence-electron chi connectivity index (χ3n) is 4.07. The molecule has 0 spiro atoms. The van der Waals surface area contributed by atoms with E-state index in [1.54, 1.807) is 12.3 Å². The molecule has 0 saturated carbocycles. The van der Waals surface area contributed by atoms with Crippen molar-refractivity contribution in [1.29, 1.82) is 0 Å². The number of benzene rings is 2. The molecular weight excluding hydrogens is 310 g/mol. The van der Waals surface area contributed by atoms with Gasteiger partial charge in [0.1, 0.15) is 5.69 Å². The molecule has 0 aliphatic carbocycles. The van der Waals surface area contributed by atoms with Crippen LogP contribution in [0.4, 0.5) is 11.4 Å². The van der Waals surface area contributed by atoms with Crippen molar-refractivity contribution in [2.24, 2.45) is 0 Å². The second-order valence-corrected chi connectivity index (χ2v) is 5.98. The molecule has 0 saturated heterocycles. The first-order valence-corrected chi connectivity index (χ1v) is 8.28. The predicted octanol–water partition coefficient (Wildman–Crippen LogP) is 4.82. The third kappa shape index (κ3) is 4.23. The van der Waals surface area contributed by atoms with Gasteiger partial charge in [0.25, 0.3) is 5.91 Å². The van der Waals surface area contributed by atoms with E-state index in [0.717, 1.165) is 16.9 Å². The van der Waals surface area contributed by atoms with Crippen molar-refractivity contribution in [3.63, 3.8) is 0 Å². The van der Waals surface area contributed by atoms with Gasteiger partial charge in [0.15, 0.2) is 0 Å². The molecule has 1 amide bonds. The van der Waals surface area contributed by atoms with E-state index in [1.807, 2.05) is 55.5 Å². The van der Waals surface area contributed by atoms with Crippen LogP contribution in [-0.4, -0.2) is 10.9 Å². The lowest BCUT2D eigenvalue weighted by Crippen LogP contribution is -2.14. The van der Waals surface area contributed by atoms with Gasteiger partial charge in [-0.15, -0.1) is 0 Å². The molecule has 25 heavy (non-hydrogen) atoms. The summed E-state index contributed by atoms with van der Waals surface area (Å²) in [5, 5.41) is 6.28. The number of anilines is 2. The van der Waals surface area contributed by atoms with E-state index in [4.69, 9.17) is 0 Å². The Kier molecular flexibility index (Phi) is 5.09. The largest absolute Gasteiger partial charge is 0.377 e. The minimum atomic E-state index is -0.211. The highest BCUT2D eigenvalue weighted by molar-refractivity contribution is 6.03. The highest BCUT2D eigenvalue weighted by Crippen LogP contribution is 2.19. The lowest BCUT2D eigenvalue weighted by atomic mass is 10.1. The zero-order chi connectivity index (χ0) is 17.6. The Morgan fingerprint density at radius 3 is 2.36 bits per heavy atom. The van der Waals surface area contributed by atoms with Gasteiger partial charge in [-0.25, -0.2) is 4.98 Å². The molecule has 4 heteroatoms. The lowest BCUT2D eigenvalue weighted by molar-refractivity contribution is 0.102. The van der Waals surface area contributed by atoms with Gasteiger partial charge in [-0.2, -0.15) is 0 Å². The van der Waals surface area contributed by atoms with Crippen LogP contribution in [0, 0.1) is 6.92 Å². The van der Waals surface area contributed by atoms with Crippen molar-refractivity contribution in [2.45, 2.75) is 19.9 Å². The van der Waals surface area contributed by atoms with Crippen LogP contribution in [0.1, 0.15) is 34.6 Å². The number of amides is 1. The normalized spacial score (nSPS) is 11.6. The van der Waals surface area contributed by atoms with Crippen LogP contribution in [-0.2, 0) is 0 Å². The summed E-state index contributed by atoms with van der Waals surface area (Å²) < 4.78 is 0. The van der Waals surface area contributed by atoms with E-state index in [9.17, 15) is 4.79 Å². The molecule has 0 bridgehead atoms. The lowest BCUT2D eigenvalue weighted by Gasteiger charge is -2.15. The number of nitrogens with zero attached hydrogens (tertiary/aromatic N) is 1. The molecule has 2 N–H and O–H groups in total. The molecule has 4 nitrogen and oxygen atoms in total. The van der Waals surface area contributed by atoms with Crippen molar-refractivity contribution in [1.82, 2.24) is 4.98 Å². The first-order chi connectivity index (χ1) is 12.1. The fourth-order valence-electron chi connectivity index (χ4n) is 2.59. The van der Waals surface area contributed by atoms with Gasteiger partial charge in [-0.05, 0) is 43.2 Å². The minimum Gasteiger partial charge on any atom is -0.377 e. The minimum absolute atomic E-state index is 0.162. The molecule has 1 heterocycles. The summed E-state index contributed by atoms with van der Waals surface area (Å²) in [5.74, 6) is -0.211. The Morgan fingerprint density at radius 2 is 1.68 bits per heavy atom. The number of rotatable bonds is 5. The first kappa shape index (κ1) is 16.7. The standard InChI is InChI=1S/C21H21N3O/c1-15-8-6-7-11-19(15)24-21(25)20-13-12-18(14-22-20)23-16(2)17-9-4-3-5-10-17/h3-14,16,23H,1-2H3,(H,24,25). The van der Waals surface area contributed by atoms with Gasteiger partial charge in [0, 0.05) is 11.7 Å². The second kappa shape index (κ2) is 7.62. The Labute approximate surface area is 147 Å².